The van der Waals surface area contributed by atoms with Gasteiger partial charge in [-0.2, -0.15) is 4.31 Å². The van der Waals surface area contributed by atoms with Gasteiger partial charge in [0, 0.05) is 32.9 Å². The Kier molecular flexibility index (Phi) is 7.24. The van der Waals surface area contributed by atoms with E-state index in [1.807, 2.05) is 0 Å². The monoisotopic (exact) mass is 315 g/mol. The van der Waals surface area contributed by atoms with Crippen LogP contribution in [0, 0.1) is 0 Å². The second-order valence-corrected chi connectivity index (χ2v) is 6.95. The summed E-state index contributed by atoms with van der Waals surface area (Å²) in [5.41, 5.74) is 0.968. The zero-order valence-corrected chi connectivity index (χ0v) is 14.0. The molecule has 7 heteroatoms. The van der Waals surface area contributed by atoms with Gasteiger partial charge in [0.1, 0.15) is 0 Å². The van der Waals surface area contributed by atoms with Crippen molar-refractivity contribution in [3.05, 3.63) is 23.9 Å². The quantitative estimate of drug-likeness (QED) is 0.694. The maximum absolute atomic E-state index is 12.4. The van der Waals surface area contributed by atoms with Gasteiger partial charge in [-0.25, -0.2) is 13.4 Å². The SMILES string of the molecule is CCCNCc1ccc(S(=O)(=O)N(C)C(C)COC)nc1. The number of methoxy groups -OCH3 is 1. The second kappa shape index (κ2) is 8.43. The predicted octanol–water partition coefficient (Wildman–Crippen LogP) is 1.24. The lowest BCUT2D eigenvalue weighted by molar-refractivity contribution is 0.149. The highest BCUT2D eigenvalue weighted by Crippen LogP contribution is 2.14. The summed E-state index contributed by atoms with van der Waals surface area (Å²) in [5, 5.41) is 3.31. The first kappa shape index (κ1) is 18.0. The highest BCUT2D eigenvalue weighted by molar-refractivity contribution is 7.89. The van der Waals surface area contributed by atoms with Crippen LogP contribution in [0.2, 0.25) is 0 Å². The minimum Gasteiger partial charge on any atom is -0.383 e. The van der Waals surface area contributed by atoms with Gasteiger partial charge in [-0.3, -0.25) is 0 Å². The van der Waals surface area contributed by atoms with Crippen molar-refractivity contribution >= 4 is 10.0 Å². The van der Waals surface area contributed by atoms with Crippen molar-refractivity contribution in [2.75, 3.05) is 27.3 Å². The number of sulfonamides is 1. The third-order valence-corrected chi connectivity index (χ3v) is 5.11. The number of likely N-dealkylation sites (N-methyl/N-ethyl adjacent to an activating group) is 1. The number of pyridine rings is 1. The Balaban J connectivity index is 2.79. The molecule has 0 bridgehead atoms. The minimum atomic E-state index is -3.58. The van der Waals surface area contributed by atoms with Crippen LogP contribution in [-0.2, 0) is 21.3 Å². The third kappa shape index (κ3) is 5.03. The van der Waals surface area contributed by atoms with Crippen molar-refractivity contribution in [1.82, 2.24) is 14.6 Å². The maximum Gasteiger partial charge on any atom is 0.260 e. The lowest BCUT2D eigenvalue weighted by atomic mass is 10.3. The van der Waals surface area contributed by atoms with Crippen LogP contribution in [0.3, 0.4) is 0 Å². The molecule has 1 aromatic heterocycles. The summed E-state index contributed by atoms with van der Waals surface area (Å²) in [6.45, 7) is 5.85. The van der Waals surface area contributed by atoms with Crippen molar-refractivity contribution in [2.24, 2.45) is 0 Å². The topological polar surface area (TPSA) is 71.5 Å². The number of nitrogens with zero attached hydrogens (tertiary/aromatic N) is 2. The van der Waals surface area contributed by atoms with Crippen LogP contribution in [0.25, 0.3) is 0 Å². The van der Waals surface area contributed by atoms with E-state index >= 15 is 0 Å². The fraction of sp³-hybridized carbons (Fsp3) is 0.643. The summed E-state index contributed by atoms with van der Waals surface area (Å²) in [7, 11) is -0.493. The van der Waals surface area contributed by atoms with Gasteiger partial charge < -0.3 is 10.1 Å². The number of nitrogens with one attached hydrogen (secondary N) is 1. The highest BCUT2D eigenvalue weighted by atomic mass is 32.2. The van der Waals surface area contributed by atoms with Crippen molar-refractivity contribution in [2.45, 2.75) is 37.9 Å². The molecular weight excluding hydrogens is 290 g/mol. The summed E-state index contributed by atoms with van der Waals surface area (Å²) < 4.78 is 31.1. The fourth-order valence-corrected chi connectivity index (χ4v) is 3.06. The minimum absolute atomic E-state index is 0.0622. The number of ether oxygens (including phenoxy) is 1. The van der Waals surface area contributed by atoms with E-state index in [1.165, 1.54) is 11.4 Å². The highest BCUT2D eigenvalue weighted by Gasteiger charge is 2.26. The first-order chi connectivity index (χ1) is 9.93. The van der Waals surface area contributed by atoms with E-state index in [0.717, 1.165) is 18.5 Å². The zero-order valence-electron chi connectivity index (χ0n) is 13.2. The Hall–Kier alpha value is -1.02. The molecule has 120 valence electrons. The molecule has 0 radical (unpaired) electrons. The molecule has 0 aliphatic rings. The van der Waals surface area contributed by atoms with E-state index in [1.54, 1.807) is 32.4 Å². The van der Waals surface area contributed by atoms with Gasteiger partial charge in [0.2, 0.25) is 0 Å². The Morgan fingerprint density at radius 2 is 2.14 bits per heavy atom. The third-order valence-electron chi connectivity index (χ3n) is 3.23. The Morgan fingerprint density at radius 3 is 2.67 bits per heavy atom. The summed E-state index contributed by atoms with van der Waals surface area (Å²) in [4.78, 5) is 4.08. The molecule has 6 nitrogen and oxygen atoms in total. The normalized spacial score (nSPS) is 13.6. The van der Waals surface area contributed by atoms with E-state index in [2.05, 4.69) is 17.2 Å². The maximum atomic E-state index is 12.4. The number of hydrogen-bond acceptors (Lipinski definition) is 5. The smallest absolute Gasteiger partial charge is 0.260 e. The van der Waals surface area contributed by atoms with Gasteiger partial charge in [-0.15, -0.1) is 0 Å². The van der Waals surface area contributed by atoms with Crippen molar-refractivity contribution in [1.29, 1.82) is 0 Å². The van der Waals surface area contributed by atoms with Crippen LogP contribution in [0.4, 0.5) is 0 Å². The summed E-state index contributed by atoms with van der Waals surface area (Å²) in [6.07, 6.45) is 2.66. The summed E-state index contributed by atoms with van der Waals surface area (Å²) in [6, 6.07) is 3.10. The van der Waals surface area contributed by atoms with Gasteiger partial charge in [0.25, 0.3) is 10.0 Å². The Bertz CT molecular complexity index is 517. The molecule has 0 aliphatic carbocycles. The van der Waals surface area contributed by atoms with Gasteiger partial charge in [0.15, 0.2) is 5.03 Å². The second-order valence-electron chi connectivity index (χ2n) is 5.01. The molecule has 0 amide bonds. The molecule has 0 aliphatic heterocycles. The van der Waals surface area contributed by atoms with Crippen LogP contribution in [0.5, 0.6) is 0 Å². The number of aromatic nitrogens is 1. The average molecular weight is 315 g/mol. The van der Waals surface area contributed by atoms with E-state index in [-0.39, 0.29) is 11.1 Å². The summed E-state index contributed by atoms with van der Waals surface area (Å²) in [5.74, 6) is 0. The van der Waals surface area contributed by atoms with Crippen molar-refractivity contribution < 1.29 is 13.2 Å². The molecule has 1 atom stereocenters. The van der Waals surface area contributed by atoms with Crippen molar-refractivity contribution in [3.8, 4) is 0 Å². The molecule has 1 N–H and O–H groups in total. The standard InChI is InChI=1S/C14H25N3O3S/c1-5-8-15-9-13-6-7-14(16-10-13)21(18,19)17(3)12(2)11-20-4/h6-7,10,12,15H,5,8-9,11H2,1-4H3. The number of rotatable bonds is 9. The van der Waals surface area contributed by atoms with Crippen LogP contribution >= 0.6 is 0 Å². The first-order valence-corrected chi connectivity index (χ1v) is 8.50. The molecule has 21 heavy (non-hydrogen) atoms. The molecule has 0 aromatic carbocycles. The molecule has 1 aromatic rings. The largest absolute Gasteiger partial charge is 0.383 e. The predicted molar refractivity (Wildman–Crippen MR) is 82.5 cm³/mol. The zero-order chi connectivity index (χ0) is 15.9. The molecule has 1 heterocycles. The fourth-order valence-electron chi connectivity index (χ4n) is 1.81. The van der Waals surface area contributed by atoms with E-state index in [0.29, 0.717) is 13.2 Å². The molecular formula is C14H25N3O3S. The van der Waals surface area contributed by atoms with Crippen LogP contribution in [-0.4, -0.2) is 51.1 Å². The number of hydrogen-bond donors (Lipinski definition) is 1. The first-order valence-electron chi connectivity index (χ1n) is 7.06. The molecule has 0 fully saturated rings. The molecule has 1 unspecified atom stereocenters. The van der Waals surface area contributed by atoms with Crippen LogP contribution < -0.4 is 5.32 Å². The van der Waals surface area contributed by atoms with Crippen molar-refractivity contribution in [3.63, 3.8) is 0 Å². The Morgan fingerprint density at radius 1 is 1.43 bits per heavy atom. The Labute approximate surface area is 127 Å². The van der Waals surface area contributed by atoms with E-state index < -0.39 is 10.0 Å². The van der Waals surface area contributed by atoms with E-state index in [4.69, 9.17) is 4.74 Å². The van der Waals surface area contributed by atoms with Crippen LogP contribution in [0.1, 0.15) is 25.8 Å². The molecule has 1 rings (SSSR count). The van der Waals surface area contributed by atoms with Gasteiger partial charge in [-0.05, 0) is 31.5 Å². The average Bonchev–Trinajstić information content (AvgIpc) is 2.47. The van der Waals surface area contributed by atoms with E-state index in [9.17, 15) is 8.42 Å². The van der Waals surface area contributed by atoms with Gasteiger partial charge in [-0.1, -0.05) is 13.0 Å². The molecule has 0 spiro atoms. The van der Waals surface area contributed by atoms with Crippen LogP contribution in [0.15, 0.2) is 23.4 Å². The molecule has 0 saturated carbocycles. The lowest BCUT2D eigenvalue weighted by Gasteiger charge is -2.23. The van der Waals surface area contributed by atoms with Gasteiger partial charge in [0.05, 0.1) is 6.61 Å². The lowest BCUT2D eigenvalue weighted by Crippen LogP contribution is -2.38. The molecule has 0 saturated heterocycles. The summed E-state index contributed by atoms with van der Waals surface area (Å²) >= 11 is 0. The van der Waals surface area contributed by atoms with Gasteiger partial charge >= 0.3 is 0 Å².